The highest BCUT2D eigenvalue weighted by atomic mass is 35.5. The molecule has 3 heterocycles. The first-order valence-corrected chi connectivity index (χ1v) is 11.3. The first kappa shape index (κ1) is 20.4. The van der Waals surface area contributed by atoms with Gasteiger partial charge in [0.05, 0.1) is 5.25 Å². The Morgan fingerprint density at radius 3 is 2.83 bits per heavy atom. The molecule has 152 valence electrons. The van der Waals surface area contributed by atoms with Gasteiger partial charge in [-0.2, -0.15) is 0 Å². The fourth-order valence-corrected chi connectivity index (χ4v) is 5.67. The van der Waals surface area contributed by atoms with Crippen LogP contribution in [0.3, 0.4) is 0 Å². The molecule has 0 saturated carbocycles. The Kier molecular flexibility index (Phi) is 5.99. The number of pyridine rings is 1. The summed E-state index contributed by atoms with van der Waals surface area (Å²) in [5.41, 5.74) is 1.85. The average Bonchev–Trinajstić information content (AvgIpc) is 2.68. The molecule has 5 nitrogen and oxygen atoms in total. The molecule has 2 aliphatic heterocycles. The quantitative estimate of drug-likeness (QED) is 0.721. The van der Waals surface area contributed by atoms with Gasteiger partial charge in [0.1, 0.15) is 4.32 Å². The van der Waals surface area contributed by atoms with Gasteiger partial charge in [-0.25, -0.2) is 0 Å². The lowest BCUT2D eigenvalue weighted by atomic mass is 9.83. The molecule has 1 saturated heterocycles. The molecule has 2 aromatic rings. The molecule has 0 aliphatic carbocycles. The SMILES string of the molecule is CC(SC(=S)N1CC2CC(C1)c1cccc(=O)n1C2)C(=O)Nc1cccc(Cl)c1. The number of hydrogen-bond donors (Lipinski definition) is 1. The number of nitrogens with zero attached hydrogens (tertiary/aromatic N) is 2. The van der Waals surface area contributed by atoms with E-state index in [4.69, 9.17) is 23.8 Å². The second-order valence-corrected chi connectivity index (χ2v) is 10.0. The number of thiocarbonyl (C=S) groups is 1. The molecule has 1 aromatic carbocycles. The van der Waals surface area contributed by atoms with Crippen molar-refractivity contribution in [1.29, 1.82) is 0 Å². The zero-order chi connectivity index (χ0) is 20.5. The summed E-state index contributed by atoms with van der Waals surface area (Å²) in [6, 6.07) is 12.6. The summed E-state index contributed by atoms with van der Waals surface area (Å²) < 4.78 is 2.65. The molecule has 1 N–H and O–H groups in total. The summed E-state index contributed by atoms with van der Waals surface area (Å²) in [4.78, 5) is 26.9. The van der Waals surface area contributed by atoms with Crippen LogP contribution in [0.1, 0.15) is 25.0 Å². The maximum atomic E-state index is 12.5. The highest BCUT2D eigenvalue weighted by Gasteiger charge is 2.35. The summed E-state index contributed by atoms with van der Waals surface area (Å²) in [7, 11) is 0. The molecule has 1 amide bonds. The molecule has 3 atom stereocenters. The van der Waals surface area contributed by atoms with Gasteiger partial charge >= 0.3 is 0 Å². The van der Waals surface area contributed by atoms with Crippen LogP contribution in [-0.4, -0.2) is 38.0 Å². The number of carbonyl (C=O) groups is 1. The van der Waals surface area contributed by atoms with Crippen LogP contribution in [0.4, 0.5) is 5.69 Å². The van der Waals surface area contributed by atoms with E-state index in [-0.39, 0.29) is 16.7 Å². The van der Waals surface area contributed by atoms with E-state index in [1.54, 1.807) is 24.3 Å². The monoisotopic (exact) mass is 447 g/mol. The fourth-order valence-electron chi connectivity index (χ4n) is 4.13. The standard InChI is InChI=1S/C21H22ClN3O2S2/c1-13(20(27)23-17-5-2-4-16(22)9-17)29-21(28)24-10-14-8-15(12-24)18-6-3-7-19(26)25(18)11-14/h2-7,9,13-15H,8,10-12H2,1H3,(H,23,27). The highest BCUT2D eigenvalue weighted by Crippen LogP contribution is 2.36. The van der Waals surface area contributed by atoms with E-state index < -0.39 is 0 Å². The minimum Gasteiger partial charge on any atom is -0.356 e. The maximum absolute atomic E-state index is 12.5. The Bertz CT molecular complexity index is 1010. The molecule has 29 heavy (non-hydrogen) atoms. The first-order valence-electron chi connectivity index (χ1n) is 9.62. The summed E-state index contributed by atoms with van der Waals surface area (Å²) in [6.07, 6.45) is 1.08. The van der Waals surface area contributed by atoms with Crippen LogP contribution in [0.5, 0.6) is 0 Å². The van der Waals surface area contributed by atoms with Crippen molar-refractivity contribution >= 4 is 51.5 Å². The van der Waals surface area contributed by atoms with Crippen LogP contribution >= 0.6 is 35.6 Å². The van der Waals surface area contributed by atoms with E-state index in [1.165, 1.54) is 11.8 Å². The van der Waals surface area contributed by atoms with E-state index >= 15 is 0 Å². The van der Waals surface area contributed by atoms with Gasteiger partial charge < -0.3 is 14.8 Å². The third-order valence-electron chi connectivity index (χ3n) is 5.48. The van der Waals surface area contributed by atoms with Crippen molar-refractivity contribution in [3.8, 4) is 0 Å². The molecule has 1 fully saturated rings. The first-order chi connectivity index (χ1) is 13.9. The number of benzene rings is 1. The minimum atomic E-state index is -0.321. The van der Waals surface area contributed by atoms with Crippen molar-refractivity contribution in [2.45, 2.75) is 31.1 Å². The van der Waals surface area contributed by atoms with E-state index in [1.807, 2.05) is 29.7 Å². The number of hydrogen-bond acceptors (Lipinski definition) is 4. The molecule has 4 rings (SSSR count). The summed E-state index contributed by atoms with van der Waals surface area (Å²) in [6.45, 7) is 4.21. The number of rotatable bonds is 3. The van der Waals surface area contributed by atoms with Gasteiger partial charge in [-0.05, 0) is 43.5 Å². The summed E-state index contributed by atoms with van der Waals surface area (Å²) in [5, 5.41) is 3.15. The number of halogens is 1. The number of fused-ring (bicyclic) bond motifs is 4. The van der Waals surface area contributed by atoms with Gasteiger partial charge in [-0.1, -0.05) is 47.7 Å². The van der Waals surface area contributed by atoms with Crippen LogP contribution in [0, 0.1) is 5.92 Å². The lowest BCUT2D eigenvalue weighted by Crippen LogP contribution is -2.48. The molecule has 1 aromatic heterocycles. The predicted octanol–water partition coefficient (Wildman–Crippen LogP) is 3.97. The number of amides is 1. The van der Waals surface area contributed by atoms with Crippen molar-refractivity contribution in [2.75, 3.05) is 18.4 Å². The van der Waals surface area contributed by atoms with Gasteiger partial charge in [0, 0.05) is 48.0 Å². The van der Waals surface area contributed by atoms with Gasteiger partial charge in [0.2, 0.25) is 5.91 Å². The highest BCUT2D eigenvalue weighted by molar-refractivity contribution is 8.23. The van der Waals surface area contributed by atoms with Gasteiger partial charge in [0.15, 0.2) is 0 Å². The third-order valence-corrected chi connectivity index (χ3v) is 7.29. The molecular formula is C21H22ClN3O2S2. The van der Waals surface area contributed by atoms with Crippen molar-refractivity contribution in [1.82, 2.24) is 9.47 Å². The van der Waals surface area contributed by atoms with Crippen LogP contribution in [0.2, 0.25) is 5.02 Å². The Morgan fingerprint density at radius 1 is 1.24 bits per heavy atom. The van der Waals surface area contributed by atoms with Crippen LogP contribution in [0.15, 0.2) is 47.3 Å². The predicted molar refractivity (Wildman–Crippen MR) is 123 cm³/mol. The largest absolute Gasteiger partial charge is 0.356 e. The minimum absolute atomic E-state index is 0.0777. The Hall–Kier alpha value is -1.83. The molecule has 3 unspecified atom stereocenters. The van der Waals surface area contributed by atoms with E-state index in [2.05, 4.69) is 10.2 Å². The second-order valence-electron chi connectivity index (χ2n) is 7.63. The van der Waals surface area contributed by atoms with Gasteiger partial charge in [-0.3, -0.25) is 9.59 Å². The molecule has 0 spiro atoms. The second kappa shape index (κ2) is 8.50. The zero-order valence-electron chi connectivity index (χ0n) is 16.0. The lowest BCUT2D eigenvalue weighted by Gasteiger charge is -2.43. The van der Waals surface area contributed by atoms with Crippen LogP contribution in [0.25, 0.3) is 0 Å². The van der Waals surface area contributed by atoms with E-state index in [9.17, 15) is 9.59 Å². The number of nitrogens with one attached hydrogen (secondary N) is 1. The van der Waals surface area contributed by atoms with Crippen molar-refractivity contribution in [3.63, 3.8) is 0 Å². The number of piperidine rings is 1. The number of thioether (sulfide) groups is 1. The Balaban J connectivity index is 1.39. The lowest BCUT2D eigenvalue weighted by molar-refractivity contribution is -0.115. The summed E-state index contributed by atoms with van der Waals surface area (Å²) >= 11 is 13.1. The fraction of sp³-hybridized carbons (Fsp3) is 0.381. The van der Waals surface area contributed by atoms with Crippen LogP contribution < -0.4 is 10.9 Å². The van der Waals surface area contributed by atoms with Crippen molar-refractivity contribution in [2.24, 2.45) is 5.92 Å². The topological polar surface area (TPSA) is 54.3 Å². The number of anilines is 1. The third kappa shape index (κ3) is 4.52. The van der Waals surface area contributed by atoms with Crippen LogP contribution in [-0.2, 0) is 11.3 Å². The van der Waals surface area contributed by atoms with Gasteiger partial charge in [0.25, 0.3) is 5.56 Å². The number of likely N-dealkylation sites (tertiary alicyclic amines) is 1. The molecule has 2 aliphatic rings. The van der Waals surface area contributed by atoms with Crippen molar-refractivity contribution in [3.05, 3.63) is 63.5 Å². The summed E-state index contributed by atoms with van der Waals surface area (Å²) in [5.74, 6) is 0.592. The molecule has 2 bridgehead atoms. The zero-order valence-corrected chi connectivity index (χ0v) is 18.4. The molecule has 0 radical (unpaired) electrons. The molecule has 8 heteroatoms. The Labute approximate surface area is 184 Å². The maximum Gasteiger partial charge on any atom is 0.250 e. The molecular weight excluding hydrogens is 426 g/mol. The van der Waals surface area contributed by atoms with Crippen molar-refractivity contribution < 1.29 is 4.79 Å². The normalized spacial score (nSPS) is 21.2. The Morgan fingerprint density at radius 2 is 2.03 bits per heavy atom. The van der Waals surface area contributed by atoms with E-state index in [0.717, 1.165) is 36.1 Å². The average molecular weight is 448 g/mol. The number of carbonyl (C=O) groups excluding carboxylic acids is 1. The number of aromatic nitrogens is 1. The van der Waals surface area contributed by atoms with E-state index in [0.29, 0.717) is 22.5 Å². The smallest absolute Gasteiger partial charge is 0.250 e. The van der Waals surface area contributed by atoms with Gasteiger partial charge in [-0.15, -0.1) is 0 Å².